The van der Waals surface area contributed by atoms with Crippen LogP contribution >= 0.6 is 0 Å². The standard InChI is InChI=1S/C25H31FN2O5/c1-24(2,3)28(23(30)31)21(13-14-25(28,16-32-4)22(27)29)17-9-11-19(12-10-17)33-15-18-7-5-6-8-20(18)26/h5-12,21H,13-16H2,1-4H3,(H2-,27,29,30,31). The average molecular weight is 459 g/mol. The number of nitrogens with zero attached hydrogens (tertiary/aromatic N) is 1. The van der Waals surface area contributed by atoms with Gasteiger partial charge in [-0.05, 0) is 51.1 Å². The van der Waals surface area contributed by atoms with Crippen LogP contribution in [0.3, 0.4) is 0 Å². The molecule has 3 unspecified atom stereocenters. The molecular weight excluding hydrogens is 427 g/mol. The normalized spacial score (nSPS) is 25.1. The van der Waals surface area contributed by atoms with E-state index in [1.165, 1.54) is 13.2 Å². The molecule has 2 amide bonds. The first kappa shape index (κ1) is 24.7. The summed E-state index contributed by atoms with van der Waals surface area (Å²) >= 11 is 0. The van der Waals surface area contributed by atoms with Crippen LogP contribution in [0.1, 0.15) is 50.8 Å². The van der Waals surface area contributed by atoms with Crippen LogP contribution in [-0.4, -0.2) is 41.3 Å². The highest BCUT2D eigenvalue weighted by atomic mass is 19.1. The van der Waals surface area contributed by atoms with Gasteiger partial charge in [0, 0.05) is 31.1 Å². The average Bonchev–Trinajstić information content (AvgIpc) is 3.11. The lowest BCUT2D eigenvalue weighted by Crippen LogP contribution is -2.79. The molecule has 1 aliphatic rings. The summed E-state index contributed by atoms with van der Waals surface area (Å²) in [4.78, 5) is 25.6. The van der Waals surface area contributed by atoms with Crippen LogP contribution in [0.4, 0.5) is 9.18 Å². The van der Waals surface area contributed by atoms with E-state index >= 15 is 0 Å². The van der Waals surface area contributed by atoms with Gasteiger partial charge >= 0.3 is 0 Å². The predicted octanol–water partition coefficient (Wildman–Crippen LogP) is 3.07. The SMILES string of the molecule is COCC1(C(N)=O)CCC(c2ccc(OCc3ccccc3F)cc2)[N+]1(C(=O)[O-])C(C)(C)C. The van der Waals surface area contributed by atoms with E-state index in [0.717, 1.165) is 0 Å². The van der Waals surface area contributed by atoms with Crippen LogP contribution in [0.15, 0.2) is 48.5 Å². The monoisotopic (exact) mass is 458 g/mol. The number of nitrogens with two attached hydrogens (primary N) is 1. The lowest BCUT2D eigenvalue weighted by Gasteiger charge is -2.56. The van der Waals surface area contributed by atoms with Crippen molar-refractivity contribution < 1.29 is 33.0 Å². The smallest absolute Gasteiger partial charge is 0.281 e. The second-order valence-corrected chi connectivity index (χ2v) is 9.49. The van der Waals surface area contributed by atoms with Gasteiger partial charge in [0.1, 0.15) is 30.8 Å². The summed E-state index contributed by atoms with van der Waals surface area (Å²) in [5.41, 5.74) is 4.57. The van der Waals surface area contributed by atoms with E-state index in [-0.39, 0.29) is 25.5 Å². The van der Waals surface area contributed by atoms with Gasteiger partial charge in [0.25, 0.3) is 12.0 Å². The highest BCUT2D eigenvalue weighted by Gasteiger charge is 2.70. The molecule has 0 radical (unpaired) electrons. The highest BCUT2D eigenvalue weighted by molar-refractivity contribution is 5.86. The lowest BCUT2D eigenvalue weighted by atomic mass is 9.86. The van der Waals surface area contributed by atoms with Gasteiger partial charge in [-0.2, -0.15) is 0 Å². The number of ether oxygens (including phenoxy) is 2. The predicted molar refractivity (Wildman–Crippen MR) is 118 cm³/mol. The Hall–Kier alpha value is -2.97. The molecule has 7 nitrogen and oxygen atoms in total. The molecule has 8 heteroatoms. The molecule has 1 heterocycles. The van der Waals surface area contributed by atoms with Gasteiger partial charge in [0.15, 0.2) is 0 Å². The third-order valence-corrected chi connectivity index (χ3v) is 6.78. The minimum absolute atomic E-state index is 0.0646. The lowest BCUT2D eigenvalue weighted by molar-refractivity contribution is -0.970. The van der Waals surface area contributed by atoms with Gasteiger partial charge in [0.05, 0.1) is 5.54 Å². The largest absolute Gasteiger partial charge is 0.498 e. The number of carboxylic acid groups (broad SMARTS) is 1. The van der Waals surface area contributed by atoms with Crippen LogP contribution in [0.5, 0.6) is 5.75 Å². The minimum Gasteiger partial charge on any atom is -0.498 e. The molecule has 33 heavy (non-hydrogen) atoms. The van der Waals surface area contributed by atoms with E-state index in [1.54, 1.807) is 63.2 Å². The van der Waals surface area contributed by atoms with Crippen molar-refractivity contribution in [1.29, 1.82) is 0 Å². The summed E-state index contributed by atoms with van der Waals surface area (Å²) in [6, 6.07) is 12.8. The summed E-state index contributed by atoms with van der Waals surface area (Å²) in [6.45, 7) is 5.23. The Labute approximate surface area is 193 Å². The molecule has 0 spiro atoms. The molecule has 1 saturated heterocycles. The molecule has 0 aromatic heterocycles. The maximum Gasteiger partial charge on any atom is 0.281 e. The Morgan fingerprint density at radius 2 is 1.82 bits per heavy atom. The number of hydrogen-bond donors (Lipinski definition) is 1. The highest BCUT2D eigenvalue weighted by Crippen LogP contribution is 2.55. The van der Waals surface area contributed by atoms with Crippen molar-refractivity contribution in [3.05, 3.63) is 65.5 Å². The fourth-order valence-corrected chi connectivity index (χ4v) is 5.46. The molecule has 0 bridgehead atoms. The van der Waals surface area contributed by atoms with Crippen molar-refractivity contribution in [2.45, 2.75) is 57.3 Å². The fourth-order valence-electron chi connectivity index (χ4n) is 5.46. The first-order valence-corrected chi connectivity index (χ1v) is 10.9. The summed E-state index contributed by atoms with van der Waals surface area (Å²) in [7, 11) is 1.42. The zero-order valence-corrected chi connectivity index (χ0v) is 19.5. The van der Waals surface area contributed by atoms with E-state index in [4.69, 9.17) is 15.2 Å². The molecule has 1 fully saturated rings. The van der Waals surface area contributed by atoms with Crippen LogP contribution in [0.2, 0.25) is 0 Å². The fraction of sp³-hybridized carbons (Fsp3) is 0.440. The minimum atomic E-state index is -1.48. The molecule has 2 N–H and O–H groups in total. The first-order valence-electron chi connectivity index (χ1n) is 10.9. The number of likely N-dealkylation sites (tertiary alicyclic amines) is 1. The molecule has 3 rings (SSSR count). The molecular formula is C25H31FN2O5. The van der Waals surface area contributed by atoms with Gasteiger partial charge in [-0.15, -0.1) is 0 Å². The number of carbonyl (C=O) groups is 2. The van der Waals surface area contributed by atoms with Crippen molar-refractivity contribution in [3.63, 3.8) is 0 Å². The van der Waals surface area contributed by atoms with Gasteiger partial charge in [-0.25, -0.2) is 8.87 Å². The van der Waals surface area contributed by atoms with Crippen molar-refractivity contribution in [2.75, 3.05) is 13.7 Å². The van der Waals surface area contributed by atoms with Gasteiger partial charge in [-0.3, -0.25) is 4.79 Å². The third kappa shape index (κ3) is 3.98. The van der Waals surface area contributed by atoms with Crippen molar-refractivity contribution in [3.8, 4) is 5.75 Å². The van der Waals surface area contributed by atoms with Crippen molar-refractivity contribution in [2.24, 2.45) is 5.73 Å². The molecule has 2 aromatic rings. The van der Waals surface area contributed by atoms with Crippen molar-refractivity contribution >= 4 is 12.0 Å². The number of methoxy groups -OCH3 is 1. The summed E-state index contributed by atoms with van der Waals surface area (Å²) in [5.74, 6) is -0.557. The van der Waals surface area contributed by atoms with E-state index in [2.05, 4.69) is 0 Å². The Morgan fingerprint density at radius 3 is 2.33 bits per heavy atom. The Balaban J connectivity index is 1.98. The zero-order valence-electron chi connectivity index (χ0n) is 19.5. The number of hydrogen-bond acceptors (Lipinski definition) is 5. The Bertz CT molecular complexity index is 1020. The molecule has 1 aliphatic heterocycles. The van der Waals surface area contributed by atoms with Crippen LogP contribution in [0, 0.1) is 5.82 Å². The van der Waals surface area contributed by atoms with Crippen LogP contribution in [0.25, 0.3) is 0 Å². The van der Waals surface area contributed by atoms with Gasteiger partial charge in [-0.1, -0.05) is 18.2 Å². The number of carbonyl (C=O) groups excluding carboxylic acids is 2. The van der Waals surface area contributed by atoms with Crippen LogP contribution in [-0.2, 0) is 16.1 Å². The number of rotatable bonds is 7. The summed E-state index contributed by atoms with van der Waals surface area (Å²) < 4.78 is 24.2. The maximum absolute atomic E-state index is 13.8. The number of halogens is 1. The van der Waals surface area contributed by atoms with Gasteiger partial charge < -0.3 is 25.1 Å². The van der Waals surface area contributed by atoms with Crippen molar-refractivity contribution in [1.82, 2.24) is 0 Å². The van der Waals surface area contributed by atoms with Gasteiger partial charge in [0.2, 0.25) is 5.54 Å². The van der Waals surface area contributed by atoms with E-state index < -0.39 is 33.6 Å². The third-order valence-electron chi connectivity index (χ3n) is 6.78. The summed E-state index contributed by atoms with van der Waals surface area (Å²) in [5, 5.41) is 12.8. The zero-order chi connectivity index (χ0) is 24.4. The Morgan fingerprint density at radius 1 is 1.18 bits per heavy atom. The Kier molecular flexibility index (Phi) is 6.81. The quantitative estimate of drug-likeness (QED) is 0.643. The maximum atomic E-state index is 13.8. The van der Waals surface area contributed by atoms with E-state index in [1.807, 2.05) is 0 Å². The molecule has 3 atom stereocenters. The van der Waals surface area contributed by atoms with E-state index in [9.17, 15) is 19.1 Å². The van der Waals surface area contributed by atoms with Crippen LogP contribution < -0.4 is 15.6 Å². The topological polar surface area (TPSA) is 102 Å². The molecule has 0 saturated carbocycles. The number of quaternary nitrogens is 1. The second-order valence-electron chi connectivity index (χ2n) is 9.49. The molecule has 178 valence electrons. The molecule has 2 aromatic carbocycles. The number of amides is 2. The molecule has 0 aliphatic carbocycles. The van der Waals surface area contributed by atoms with E-state index in [0.29, 0.717) is 23.3 Å². The number of primary amides is 1. The number of benzene rings is 2. The summed E-state index contributed by atoms with van der Waals surface area (Å²) in [6.07, 6.45) is -0.717. The first-order chi connectivity index (χ1) is 15.5. The second kappa shape index (κ2) is 9.11.